The van der Waals surface area contributed by atoms with E-state index >= 15 is 0 Å². The lowest BCUT2D eigenvalue weighted by atomic mass is 10.2. The number of aliphatic hydroxyl groups is 1. The molecule has 0 spiro atoms. The Bertz CT molecular complexity index is 438. The van der Waals surface area contributed by atoms with Gasteiger partial charge in [0, 0.05) is 12.4 Å². The molecule has 0 aromatic rings. The van der Waals surface area contributed by atoms with Gasteiger partial charge in [0.15, 0.2) is 12.1 Å². The van der Waals surface area contributed by atoms with Crippen molar-refractivity contribution in [1.82, 2.24) is 4.90 Å². The van der Waals surface area contributed by atoms with Crippen molar-refractivity contribution in [2.24, 2.45) is 9.98 Å². The molecule has 0 radical (unpaired) electrons. The minimum absolute atomic E-state index is 0.152. The van der Waals surface area contributed by atoms with Gasteiger partial charge < -0.3 is 10.2 Å². The summed E-state index contributed by atoms with van der Waals surface area (Å²) in [5.41, 5.74) is -0.213. The largest absolute Gasteiger partial charge is 0.478 e. The van der Waals surface area contributed by atoms with Gasteiger partial charge in [-0.05, 0) is 0 Å². The number of fused-ring (bicyclic) bond motifs is 1. The molecule has 2 aliphatic rings. The Morgan fingerprint density at radius 3 is 3.00 bits per heavy atom. The molecular formula is C8H6ClN3O3. The molecule has 2 rings (SSSR count). The van der Waals surface area contributed by atoms with Crippen molar-refractivity contribution >= 4 is 29.6 Å². The number of halogens is 1. The van der Waals surface area contributed by atoms with E-state index in [9.17, 15) is 9.90 Å². The molecule has 6 nitrogen and oxygen atoms in total. The summed E-state index contributed by atoms with van der Waals surface area (Å²) in [4.78, 5) is 19.5. The molecule has 0 unspecified atom stereocenters. The quantitative estimate of drug-likeness (QED) is 0.623. The Morgan fingerprint density at radius 1 is 1.60 bits per heavy atom. The van der Waals surface area contributed by atoms with Crippen LogP contribution in [0.3, 0.4) is 0 Å². The standard InChI is InChI=1S/C8H6ClN3O3/c9-5-3-12-6(2-10-5)11-1-4(7(12)13)8(14)15/h1-3,7,13H,(H,14,15)/t7-/m0/s1. The highest BCUT2D eigenvalue weighted by Gasteiger charge is 2.30. The maximum Gasteiger partial charge on any atom is 0.337 e. The van der Waals surface area contributed by atoms with Crippen LogP contribution in [0.25, 0.3) is 0 Å². The van der Waals surface area contributed by atoms with Crippen LogP contribution in [0.15, 0.2) is 33.1 Å². The molecule has 0 aromatic heterocycles. The minimum atomic E-state index is -1.30. The van der Waals surface area contributed by atoms with Crippen LogP contribution in [-0.2, 0) is 4.79 Å². The number of hydrogen-bond acceptors (Lipinski definition) is 5. The van der Waals surface area contributed by atoms with E-state index < -0.39 is 12.2 Å². The van der Waals surface area contributed by atoms with Crippen molar-refractivity contribution in [2.75, 3.05) is 0 Å². The monoisotopic (exact) mass is 227 g/mol. The van der Waals surface area contributed by atoms with Crippen LogP contribution >= 0.6 is 11.6 Å². The van der Waals surface area contributed by atoms with Gasteiger partial charge in [0.1, 0.15) is 10.7 Å². The first-order valence-corrected chi connectivity index (χ1v) is 4.36. The second kappa shape index (κ2) is 3.48. The highest BCUT2D eigenvalue weighted by Crippen LogP contribution is 2.20. The Hall–Kier alpha value is -1.66. The van der Waals surface area contributed by atoms with Gasteiger partial charge in [-0.15, -0.1) is 0 Å². The fourth-order valence-corrected chi connectivity index (χ4v) is 1.37. The topological polar surface area (TPSA) is 85.5 Å². The first-order valence-electron chi connectivity index (χ1n) is 3.98. The molecule has 2 heterocycles. The fraction of sp³-hybridized carbons (Fsp3) is 0.125. The number of aliphatic hydroxyl groups excluding tert-OH is 1. The molecule has 2 aliphatic heterocycles. The maximum atomic E-state index is 10.7. The number of rotatable bonds is 1. The second-order valence-corrected chi connectivity index (χ2v) is 3.26. The van der Waals surface area contributed by atoms with E-state index in [1.807, 2.05) is 0 Å². The molecule has 0 fully saturated rings. The number of carboxylic acids is 1. The number of hydrogen-bond donors (Lipinski definition) is 2. The van der Waals surface area contributed by atoms with Crippen LogP contribution in [-0.4, -0.2) is 39.4 Å². The molecule has 0 amide bonds. The fourth-order valence-electron chi connectivity index (χ4n) is 1.21. The highest BCUT2D eigenvalue weighted by atomic mass is 35.5. The summed E-state index contributed by atoms with van der Waals surface area (Å²) in [5.74, 6) is -0.880. The Balaban J connectivity index is 2.40. The third-order valence-corrected chi connectivity index (χ3v) is 2.13. The second-order valence-electron chi connectivity index (χ2n) is 2.87. The molecule has 7 heteroatoms. The zero-order valence-electron chi connectivity index (χ0n) is 7.33. The summed E-state index contributed by atoms with van der Waals surface area (Å²) < 4.78 is 0. The molecule has 78 valence electrons. The number of carboxylic acid groups (broad SMARTS) is 1. The van der Waals surface area contributed by atoms with Crippen molar-refractivity contribution in [3.63, 3.8) is 0 Å². The lowest BCUT2D eigenvalue weighted by molar-refractivity contribution is -0.134. The van der Waals surface area contributed by atoms with Crippen molar-refractivity contribution in [3.05, 3.63) is 23.1 Å². The summed E-state index contributed by atoms with van der Waals surface area (Å²) >= 11 is 5.62. The molecule has 2 N–H and O–H groups in total. The van der Waals surface area contributed by atoms with E-state index in [1.54, 1.807) is 0 Å². The molecule has 1 atom stereocenters. The first kappa shape index (κ1) is 9.88. The Kier molecular flexibility index (Phi) is 2.29. The van der Waals surface area contributed by atoms with Gasteiger partial charge in [-0.25, -0.2) is 14.8 Å². The summed E-state index contributed by atoms with van der Waals surface area (Å²) in [7, 11) is 0. The summed E-state index contributed by atoms with van der Waals surface area (Å²) in [5, 5.41) is 18.6. The minimum Gasteiger partial charge on any atom is -0.478 e. The van der Waals surface area contributed by atoms with Gasteiger partial charge >= 0.3 is 5.97 Å². The van der Waals surface area contributed by atoms with Gasteiger partial charge in [0.25, 0.3) is 0 Å². The van der Waals surface area contributed by atoms with Crippen LogP contribution in [0.5, 0.6) is 0 Å². The number of aliphatic carboxylic acids is 1. The third kappa shape index (κ3) is 1.64. The van der Waals surface area contributed by atoms with E-state index in [0.29, 0.717) is 5.84 Å². The number of carbonyl (C=O) groups is 1. The van der Waals surface area contributed by atoms with E-state index in [1.165, 1.54) is 17.3 Å². The van der Waals surface area contributed by atoms with Crippen LogP contribution in [0.1, 0.15) is 0 Å². The van der Waals surface area contributed by atoms with Crippen LogP contribution in [0.2, 0.25) is 0 Å². The van der Waals surface area contributed by atoms with Crippen LogP contribution in [0, 0.1) is 0 Å². The third-order valence-electron chi connectivity index (χ3n) is 1.94. The van der Waals surface area contributed by atoms with Crippen molar-refractivity contribution in [3.8, 4) is 0 Å². The van der Waals surface area contributed by atoms with Crippen molar-refractivity contribution in [2.45, 2.75) is 6.23 Å². The predicted molar refractivity (Wildman–Crippen MR) is 53.4 cm³/mol. The van der Waals surface area contributed by atoms with Gasteiger partial charge in [0.2, 0.25) is 0 Å². The summed E-state index contributed by atoms with van der Waals surface area (Å²) in [6, 6.07) is 0. The van der Waals surface area contributed by atoms with Crippen molar-refractivity contribution in [1.29, 1.82) is 0 Å². The average molecular weight is 228 g/mol. The normalized spacial score (nSPS) is 24.0. The van der Waals surface area contributed by atoms with E-state index in [-0.39, 0.29) is 10.7 Å². The Morgan fingerprint density at radius 2 is 2.33 bits per heavy atom. The lowest BCUT2D eigenvalue weighted by Crippen LogP contribution is -2.43. The molecular weight excluding hydrogens is 222 g/mol. The van der Waals surface area contributed by atoms with E-state index in [0.717, 1.165) is 6.20 Å². The zero-order chi connectivity index (χ0) is 11.0. The van der Waals surface area contributed by atoms with Gasteiger partial charge in [-0.3, -0.25) is 4.90 Å². The first-order chi connectivity index (χ1) is 7.09. The number of amidine groups is 1. The Labute approximate surface area is 89.5 Å². The molecule has 0 bridgehead atoms. The molecule has 0 saturated heterocycles. The zero-order valence-corrected chi connectivity index (χ0v) is 8.09. The molecule has 0 aromatic carbocycles. The van der Waals surface area contributed by atoms with E-state index in [2.05, 4.69) is 9.98 Å². The predicted octanol–water partition coefficient (Wildman–Crippen LogP) is 0.110. The maximum absolute atomic E-state index is 10.7. The highest BCUT2D eigenvalue weighted by molar-refractivity contribution is 6.36. The smallest absolute Gasteiger partial charge is 0.337 e. The van der Waals surface area contributed by atoms with Gasteiger partial charge in [-0.1, -0.05) is 11.6 Å². The van der Waals surface area contributed by atoms with Crippen LogP contribution < -0.4 is 0 Å². The van der Waals surface area contributed by atoms with E-state index in [4.69, 9.17) is 16.7 Å². The average Bonchev–Trinajstić information content (AvgIpc) is 2.19. The van der Waals surface area contributed by atoms with Crippen molar-refractivity contribution < 1.29 is 15.0 Å². The van der Waals surface area contributed by atoms with Crippen LogP contribution in [0.4, 0.5) is 0 Å². The SMILES string of the molecule is O=C(O)C1=CN=C2C=NC(Cl)=CN2[C@H]1O. The molecule has 15 heavy (non-hydrogen) atoms. The summed E-state index contributed by atoms with van der Waals surface area (Å²) in [6.07, 6.45) is 2.47. The number of aliphatic imine (C=N–C) groups is 2. The molecule has 0 aliphatic carbocycles. The van der Waals surface area contributed by atoms with Gasteiger partial charge in [0.05, 0.1) is 6.21 Å². The summed E-state index contributed by atoms with van der Waals surface area (Å²) in [6.45, 7) is 0. The molecule has 0 saturated carbocycles. The number of nitrogens with zero attached hydrogens (tertiary/aromatic N) is 3. The van der Waals surface area contributed by atoms with Gasteiger partial charge in [-0.2, -0.15) is 0 Å². The lowest BCUT2D eigenvalue weighted by Gasteiger charge is -2.30.